The van der Waals surface area contributed by atoms with Crippen molar-refractivity contribution in [3.8, 4) is 10.4 Å². The molecule has 2 N–H and O–H groups in total. The lowest BCUT2D eigenvalue weighted by Gasteiger charge is -2.62. The van der Waals surface area contributed by atoms with Gasteiger partial charge in [-0.1, -0.05) is 45.0 Å². The highest BCUT2D eigenvalue weighted by atomic mass is 32.1. The second-order valence-corrected chi connectivity index (χ2v) is 17.3. The molecule has 1 spiro atoms. The molecule has 3 saturated heterocycles. The monoisotopic (exact) mass is 705 g/mol. The number of benzene rings is 1. The van der Waals surface area contributed by atoms with Gasteiger partial charge in [-0.15, -0.1) is 11.3 Å². The van der Waals surface area contributed by atoms with Crippen molar-refractivity contribution in [1.82, 2.24) is 35.2 Å². The summed E-state index contributed by atoms with van der Waals surface area (Å²) in [7, 11) is 0. The average Bonchev–Trinajstić information content (AvgIpc) is 3.68. The van der Waals surface area contributed by atoms with Crippen LogP contribution in [0.2, 0.25) is 0 Å². The third-order valence-corrected chi connectivity index (χ3v) is 12.4. The van der Waals surface area contributed by atoms with E-state index in [0.717, 1.165) is 73.7 Å². The molecular formula is C38H55N7O4S. The number of piperazine rings is 1. The average molecular weight is 706 g/mol. The van der Waals surface area contributed by atoms with Crippen molar-refractivity contribution >= 4 is 35.0 Å². The van der Waals surface area contributed by atoms with Crippen molar-refractivity contribution in [1.29, 1.82) is 0 Å². The number of carbonyl (C=O) groups is 4. The Labute approximate surface area is 301 Å². The van der Waals surface area contributed by atoms with E-state index in [1.165, 1.54) is 0 Å². The van der Waals surface area contributed by atoms with E-state index in [-0.39, 0.29) is 36.2 Å². The number of hydrogen-bond donors (Lipinski definition) is 2. The smallest absolute Gasteiger partial charge is 0.246 e. The molecule has 12 heteroatoms. The number of rotatable bonds is 9. The molecule has 11 nitrogen and oxygen atoms in total. The number of nitrogens with zero attached hydrogens (tertiary/aromatic N) is 5. The molecule has 4 amide bonds. The van der Waals surface area contributed by atoms with Crippen molar-refractivity contribution in [2.45, 2.75) is 104 Å². The summed E-state index contributed by atoms with van der Waals surface area (Å²) in [5, 5.41) is 6.23. The second-order valence-electron chi connectivity index (χ2n) is 16.4. The SMILES string of the molecule is CC(=O)N1CC2(CC(N3CCN(CC(=O)NC(C(=O)N4CCCC4C(=O)NC(C)c4ccc(-c5scnc5C)cc4)C(C)(C)C)CC3C)C2)C1. The van der Waals surface area contributed by atoms with Gasteiger partial charge in [0.05, 0.1) is 28.7 Å². The molecule has 0 radical (unpaired) electrons. The Morgan fingerprint density at radius 1 is 1.04 bits per heavy atom. The van der Waals surface area contributed by atoms with Gasteiger partial charge < -0.3 is 20.4 Å². The molecule has 0 bridgehead atoms. The van der Waals surface area contributed by atoms with Crippen LogP contribution in [-0.4, -0.2) is 118 Å². The molecule has 4 atom stereocenters. The Hall–Kier alpha value is -3.35. The normalized spacial score (nSPS) is 24.0. The first kappa shape index (κ1) is 36.4. The van der Waals surface area contributed by atoms with Crippen LogP contribution in [-0.2, 0) is 19.2 Å². The summed E-state index contributed by atoms with van der Waals surface area (Å²) in [5.41, 5.74) is 4.73. The van der Waals surface area contributed by atoms with E-state index in [4.69, 9.17) is 0 Å². The van der Waals surface area contributed by atoms with Crippen molar-refractivity contribution in [2.24, 2.45) is 10.8 Å². The first-order valence-corrected chi connectivity index (χ1v) is 19.2. The number of nitrogens with one attached hydrogen (secondary N) is 2. The lowest BCUT2D eigenvalue weighted by molar-refractivity contribution is -0.158. The molecular weight excluding hydrogens is 651 g/mol. The van der Waals surface area contributed by atoms with E-state index >= 15 is 0 Å². The largest absolute Gasteiger partial charge is 0.348 e. The van der Waals surface area contributed by atoms with Crippen LogP contribution in [0.5, 0.6) is 0 Å². The minimum atomic E-state index is -0.745. The summed E-state index contributed by atoms with van der Waals surface area (Å²) < 4.78 is 0. The number of thiazole rings is 1. The summed E-state index contributed by atoms with van der Waals surface area (Å²) in [6.45, 7) is 18.8. The fourth-order valence-corrected chi connectivity index (χ4v) is 9.39. The predicted molar refractivity (Wildman–Crippen MR) is 195 cm³/mol. The Balaban J connectivity index is 1.00. The molecule has 4 unspecified atom stereocenters. The first-order chi connectivity index (χ1) is 23.6. The maximum atomic E-state index is 14.1. The van der Waals surface area contributed by atoms with Gasteiger partial charge in [0.2, 0.25) is 23.6 Å². The molecule has 3 aliphatic heterocycles. The summed E-state index contributed by atoms with van der Waals surface area (Å²) in [5.74, 6) is -0.350. The van der Waals surface area contributed by atoms with Gasteiger partial charge >= 0.3 is 0 Å². The molecule has 4 aliphatic rings. The quantitative estimate of drug-likeness (QED) is 0.408. The van der Waals surface area contributed by atoms with Gasteiger partial charge in [0, 0.05) is 63.7 Å². The number of amides is 4. The van der Waals surface area contributed by atoms with Crippen LogP contribution >= 0.6 is 11.3 Å². The molecule has 50 heavy (non-hydrogen) atoms. The number of aryl methyl sites for hydroxylation is 1. The van der Waals surface area contributed by atoms with Gasteiger partial charge in [-0.05, 0) is 63.0 Å². The Morgan fingerprint density at radius 2 is 1.74 bits per heavy atom. The molecule has 4 heterocycles. The summed E-state index contributed by atoms with van der Waals surface area (Å²) in [6, 6.07) is 7.52. The Bertz CT molecular complexity index is 1570. The molecule has 1 aromatic heterocycles. The zero-order valence-electron chi connectivity index (χ0n) is 30.8. The molecule has 1 aliphatic carbocycles. The molecule has 4 fully saturated rings. The van der Waals surface area contributed by atoms with Gasteiger partial charge in [0.25, 0.3) is 0 Å². The summed E-state index contributed by atoms with van der Waals surface area (Å²) >= 11 is 1.61. The standard InChI is InChI=1S/C38H55N7O4S/c1-24-19-42(15-16-44(24)30-17-38(18-30)21-43(22-38)27(4)46)20-32(47)41-34(37(5,6)7)36(49)45-14-8-9-31(45)35(48)40-25(2)28-10-12-29(13-11-28)33-26(3)39-23-50-33/h10-13,23-25,30-31,34H,8-9,14-22H2,1-7H3,(H,40,48)(H,41,47). The van der Waals surface area contributed by atoms with Crippen LogP contribution in [0.15, 0.2) is 29.8 Å². The van der Waals surface area contributed by atoms with Crippen LogP contribution in [0.4, 0.5) is 0 Å². The van der Waals surface area contributed by atoms with Crippen LogP contribution in [0.3, 0.4) is 0 Å². The van der Waals surface area contributed by atoms with E-state index in [9.17, 15) is 19.2 Å². The van der Waals surface area contributed by atoms with Crippen LogP contribution in [0.1, 0.15) is 84.5 Å². The fourth-order valence-electron chi connectivity index (χ4n) is 8.57. The second kappa shape index (κ2) is 14.3. The van der Waals surface area contributed by atoms with E-state index < -0.39 is 17.5 Å². The van der Waals surface area contributed by atoms with Gasteiger partial charge in [-0.3, -0.25) is 29.0 Å². The number of likely N-dealkylation sites (tertiary alicyclic amines) is 2. The van der Waals surface area contributed by atoms with E-state index in [2.05, 4.69) is 44.5 Å². The zero-order valence-corrected chi connectivity index (χ0v) is 31.6. The van der Waals surface area contributed by atoms with Crippen LogP contribution < -0.4 is 10.6 Å². The number of hydrogen-bond acceptors (Lipinski definition) is 8. The maximum absolute atomic E-state index is 14.1. The zero-order chi connectivity index (χ0) is 36.0. The summed E-state index contributed by atoms with van der Waals surface area (Å²) in [6.07, 6.45) is 3.63. The van der Waals surface area contributed by atoms with Crippen molar-refractivity contribution in [3.63, 3.8) is 0 Å². The molecule has 6 rings (SSSR count). The highest BCUT2D eigenvalue weighted by Crippen LogP contribution is 2.50. The minimum absolute atomic E-state index is 0.161. The minimum Gasteiger partial charge on any atom is -0.348 e. The highest BCUT2D eigenvalue weighted by Gasteiger charge is 2.55. The van der Waals surface area contributed by atoms with Crippen molar-refractivity contribution in [3.05, 3.63) is 41.0 Å². The molecule has 1 saturated carbocycles. The van der Waals surface area contributed by atoms with Gasteiger partial charge in [0.1, 0.15) is 12.1 Å². The molecule has 2 aromatic rings. The fraction of sp³-hybridized carbons (Fsp3) is 0.658. The van der Waals surface area contributed by atoms with Gasteiger partial charge in [-0.25, -0.2) is 4.98 Å². The summed E-state index contributed by atoms with van der Waals surface area (Å²) in [4.78, 5) is 66.7. The highest BCUT2D eigenvalue weighted by molar-refractivity contribution is 7.13. The number of carbonyl (C=O) groups excluding carboxylic acids is 4. The third-order valence-electron chi connectivity index (χ3n) is 11.5. The number of aromatic nitrogens is 1. The van der Waals surface area contributed by atoms with Crippen molar-refractivity contribution in [2.75, 3.05) is 45.8 Å². The van der Waals surface area contributed by atoms with E-state index in [1.807, 2.05) is 57.2 Å². The first-order valence-electron chi connectivity index (χ1n) is 18.3. The van der Waals surface area contributed by atoms with E-state index in [0.29, 0.717) is 30.5 Å². The Kier molecular flexibility index (Phi) is 10.5. The third kappa shape index (κ3) is 7.62. The van der Waals surface area contributed by atoms with E-state index in [1.54, 1.807) is 23.2 Å². The van der Waals surface area contributed by atoms with Gasteiger partial charge in [-0.2, -0.15) is 0 Å². The lowest BCUT2D eigenvalue weighted by Crippen LogP contribution is -2.69. The van der Waals surface area contributed by atoms with Crippen LogP contribution in [0.25, 0.3) is 10.4 Å². The Morgan fingerprint density at radius 3 is 2.34 bits per heavy atom. The van der Waals surface area contributed by atoms with Gasteiger partial charge in [0.15, 0.2) is 0 Å². The molecule has 1 aromatic carbocycles. The van der Waals surface area contributed by atoms with Crippen LogP contribution in [0, 0.1) is 17.8 Å². The maximum Gasteiger partial charge on any atom is 0.246 e. The molecule has 272 valence electrons. The van der Waals surface area contributed by atoms with Crippen molar-refractivity contribution < 1.29 is 19.2 Å². The lowest BCUT2D eigenvalue weighted by atomic mass is 9.60. The topological polar surface area (TPSA) is 118 Å². The predicted octanol–water partition coefficient (Wildman–Crippen LogP) is 3.83.